The van der Waals surface area contributed by atoms with Gasteiger partial charge in [-0.2, -0.15) is 0 Å². The van der Waals surface area contributed by atoms with Crippen LogP contribution in [0.2, 0.25) is 0 Å². The van der Waals surface area contributed by atoms with E-state index in [1.54, 1.807) is 36.4 Å². The van der Waals surface area contributed by atoms with Crippen LogP contribution in [0.25, 0.3) is 6.08 Å². The topological polar surface area (TPSA) is 53.0 Å². The van der Waals surface area contributed by atoms with Crippen LogP contribution in [0.5, 0.6) is 11.5 Å². The number of Topliss-reactive ketones (excluding diaryl/α,β-unsaturated/α-hetero) is 1. The summed E-state index contributed by atoms with van der Waals surface area (Å²) in [6.45, 7) is 3.60. The lowest BCUT2D eigenvalue weighted by molar-refractivity contribution is 0.101. The van der Waals surface area contributed by atoms with E-state index < -0.39 is 0 Å². The maximum Gasteiger partial charge on any atom is 0.231 e. The van der Waals surface area contributed by atoms with Crippen LogP contribution in [0.1, 0.15) is 21.5 Å². The van der Waals surface area contributed by atoms with Crippen LogP contribution >= 0.6 is 0 Å². The molecule has 0 spiro atoms. The van der Waals surface area contributed by atoms with Gasteiger partial charge in [0.05, 0.1) is 11.1 Å². The first-order valence-electron chi connectivity index (χ1n) is 11.3. The second-order valence-electron chi connectivity index (χ2n) is 8.41. The standard InChI is InChI=1S/C28H25FN2O3/c29-21-9-11-22(12-10-21)31-17-15-30(16-18-31)19-24-25(32)14-13-23-27(33)26(34-28(23)24)8-4-7-20-5-2-1-3-6-20/h1-14,32H,15-19H2/b7-4+,26-8-. The zero-order valence-corrected chi connectivity index (χ0v) is 18.7. The van der Waals surface area contributed by atoms with E-state index >= 15 is 0 Å². The van der Waals surface area contributed by atoms with Crippen molar-refractivity contribution < 1.29 is 19.0 Å². The van der Waals surface area contributed by atoms with Crippen molar-refractivity contribution in [2.75, 3.05) is 31.1 Å². The van der Waals surface area contributed by atoms with E-state index in [1.807, 2.05) is 36.4 Å². The SMILES string of the molecule is O=C1/C(=C/C=C/c2ccccc2)Oc2c1ccc(O)c2CN1CCN(c2ccc(F)cc2)CC1. The molecule has 0 amide bonds. The molecular weight excluding hydrogens is 431 g/mol. The number of phenolic OH excluding ortho intramolecular Hbond substituents is 1. The number of hydrogen-bond acceptors (Lipinski definition) is 5. The van der Waals surface area contributed by atoms with Crippen molar-refractivity contribution in [3.8, 4) is 11.5 Å². The Morgan fingerprint density at radius 1 is 0.941 bits per heavy atom. The van der Waals surface area contributed by atoms with E-state index in [0.29, 0.717) is 23.4 Å². The fraction of sp³-hybridized carbons (Fsp3) is 0.179. The molecule has 3 aromatic rings. The molecular formula is C28H25FN2O3. The average Bonchev–Trinajstić information content (AvgIpc) is 3.18. The van der Waals surface area contributed by atoms with Gasteiger partial charge < -0.3 is 14.7 Å². The molecule has 3 aromatic carbocycles. The number of ether oxygens (including phenoxy) is 1. The number of carbonyl (C=O) groups is 1. The van der Waals surface area contributed by atoms with E-state index in [1.165, 1.54) is 12.1 Å². The van der Waals surface area contributed by atoms with Gasteiger partial charge >= 0.3 is 0 Å². The summed E-state index contributed by atoms with van der Waals surface area (Å²) in [6, 6.07) is 19.5. The quantitative estimate of drug-likeness (QED) is 0.546. The monoisotopic (exact) mass is 456 g/mol. The van der Waals surface area contributed by atoms with Crippen LogP contribution in [0.15, 0.2) is 84.6 Å². The number of benzene rings is 3. The number of rotatable bonds is 5. The first-order valence-corrected chi connectivity index (χ1v) is 11.3. The molecule has 34 heavy (non-hydrogen) atoms. The van der Waals surface area contributed by atoms with Crippen LogP contribution in [-0.2, 0) is 6.54 Å². The molecule has 0 saturated carbocycles. The highest BCUT2D eigenvalue weighted by Crippen LogP contribution is 2.39. The Balaban J connectivity index is 1.28. The Kier molecular flexibility index (Phi) is 6.14. The van der Waals surface area contributed by atoms with Crippen LogP contribution in [0, 0.1) is 5.82 Å². The summed E-state index contributed by atoms with van der Waals surface area (Å²) >= 11 is 0. The number of fused-ring (bicyclic) bond motifs is 1. The van der Waals surface area contributed by atoms with Crippen LogP contribution in [0.3, 0.4) is 0 Å². The largest absolute Gasteiger partial charge is 0.507 e. The third-order valence-corrected chi connectivity index (χ3v) is 6.20. The highest BCUT2D eigenvalue weighted by atomic mass is 19.1. The molecule has 6 heteroatoms. The molecule has 0 unspecified atom stereocenters. The van der Waals surface area contributed by atoms with Crippen LogP contribution in [-0.4, -0.2) is 42.0 Å². The Labute approximate surface area is 198 Å². The van der Waals surface area contributed by atoms with Gasteiger partial charge in [0.25, 0.3) is 0 Å². The average molecular weight is 457 g/mol. The van der Waals surface area contributed by atoms with E-state index in [0.717, 1.165) is 37.4 Å². The van der Waals surface area contributed by atoms with Gasteiger partial charge in [-0.15, -0.1) is 0 Å². The first-order chi connectivity index (χ1) is 16.6. The summed E-state index contributed by atoms with van der Waals surface area (Å²) in [5.41, 5.74) is 3.12. The summed E-state index contributed by atoms with van der Waals surface area (Å²) in [4.78, 5) is 17.3. The number of hydrogen-bond donors (Lipinski definition) is 1. The Morgan fingerprint density at radius 2 is 1.68 bits per heavy atom. The molecule has 2 aliphatic rings. The zero-order chi connectivity index (χ0) is 23.5. The van der Waals surface area contributed by atoms with Gasteiger partial charge in [-0.05, 0) is 48.0 Å². The normalized spacial score (nSPS) is 17.4. The van der Waals surface area contributed by atoms with Crippen molar-refractivity contribution in [3.05, 3.63) is 107 Å². The first kappa shape index (κ1) is 21.9. The van der Waals surface area contributed by atoms with E-state index in [4.69, 9.17) is 4.74 Å². The number of halogens is 1. The molecule has 0 bridgehead atoms. The number of carbonyl (C=O) groups excluding carboxylic acids is 1. The Morgan fingerprint density at radius 3 is 2.41 bits per heavy atom. The number of phenols is 1. The number of allylic oxidation sites excluding steroid dienone is 3. The van der Waals surface area contributed by atoms with E-state index in [9.17, 15) is 14.3 Å². The van der Waals surface area contributed by atoms with Gasteiger partial charge in [0.2, 0.25) is 5.78 Å². The third-order valence-electron chi connectivity index (χ3n) is 6.20. The summed E-state index contributed by atoms with van der Waals surface area (Å²) in [6.07, 6.45) is 5.37. The molecule has 2 aliphatic heterocycles. The number of ketones is 1. The molecule has 1 N–H and O–H groups in total. The molecule has 2 heterocycles. The van der Waals surface area contributed by atoms with Crippen molar-refractivity contribution in [2.24, 2.45) is 0 Å². The number of aromatic hydroxyl groups is 1. The van der Waals surface area contributed by atoms with Crippen LogP contribution < -0.4 is 9.64 Å². The van der Waals surface area contributed by atoms with Crippen molar-refractivity contribution in [2.45, 2.75) is 6.54 Å². The maximum absolute atomic E-state index is 13.2. The molecule has 172 valence electrons. The second kappa shape index (κ2) is 9.53. The van der Waals surface area contributed by atoms with E-state index in [-0.39, 0.29) is 23.1 Å². The predicted octanol–water partition coefficient (Wildman–Crippen LogP) is 5.03. The minimum Gasteiger partial charge on any atom is -0.507 e. The fourth-order valence-electron chi connectivity index (χ4n) is 4.31. The summed E-state index contributed by atoms with van der Waals surface area (Å²) in [5.74, 6) is 0.374. The minimum atomic E-state index is -0.241. The number of nitrogens with zero attached hydrogens (tertiary/aromatic N) is 2. The van der Waals surface area contributed by atoms with Gasteiger partial charge in [0.15, 0.2) is 5.76 Å². The van der Waals surface area contributed by atoms with E-state index in [2.05, 4.69) is 9.80 Å². The summed E-state index contributed by atoms with van der Waals surface area (Å²) < 4.78 is 19.2. The summed E-state index contributed by atoms with van der Waals surface area (Å²) in [5, 5.41) is 10.6. The van der Waals surface area contributed by atoms with Crippen molar-refractivity contribution in [1.82, 2.24) is 4.90 Å². The second-order valence-corrected chi connectivity index (χ2v) is 8.41. The number of anilines is 1. The van der Waals surface area contributed by atoms with Gasteiger partial charge in [0, 0.05) is 38.4 Å². The van der Waals surface area contributed by atoms with Crippen molar-refractivity contribution in [3.63, 3.8) is 0 Å². The lowest BCUT2D eigenvalue weighted by atomic mass is 10.0. The molecule has 0 radical (unpaired) electrons. The van der Waals surface area contributed by atoms with Gasteiger partial charge in [-0.25, -0.2) is 4.39 Å². The lowest BCUT2D eigenvalue weighted by Crippen LogP contribution is -2.46. The van der Waals surface area contributed by atoms with Crippen molar-refractivity contribution in [1.29, 1.82) is 0 Å². The Bertz CT molecular complexity index is 1240. The highest BCUT2D eigenvalue weighted by Gasteiger charge is 2.31. The molecule has 5 nitrogen and oxygen atoms in total. The molecule has 1 fully saturated rings. The molecule has 0 aliphatic carbocycles. The Hall–Kier alpha value is -3.90. The maximum atomic E-state index is 13.2. The van der Waals surface area contributed by atoms with Gasteiger partial charge in [-0.1, -0.05) is 42.5 Å². The molecule has 0 atom stereocenters. The third kappa shape index (κ3) is 4.58. The molecule has 1 saturated heterocycles. The zero-order valence-electron chi connectivity index (χ0n) is 18.7. The van der Waals surface area contributed by atoms with Gasteiger partial charge in [-0.3, -0.25) is 9.69 Å². The minimum absolute atomic E-state index is 0.119. The summed E-state index contributed by atoms with van der Waals surface area (Å²) in [7, 11) is 0. The smallest absolute Gasteiger partial charge is 0.231 e. The fourth-order valence-corrected chi connectivity index (χ4v) is 4.31. The molecule has 0 aromatic heterocycles. The van der Waals surface area contributed by atoms with Crippen molar-refractivity contribution >= 4 is 17.5 Å². The van der Waals surface area contributed by atoms with Gasteiger partial charge in [0.1, 0.15) is 17.3 Å². The predicted molar refractivity (Wildman–Crippen MR) is 131 cm³/mol. The van der Waals surface area contributed by atoms with Crippen LogP contribution in [0.4, 0.5) is 10.1 Å². The highest BCUT2D eigenvalue weighted by molar-refractivity contribution is 6.12. The lowest BCUT2D eigenvalue weighted by Gasteiger charge is -2.36. The number of piperazine rings is 1. The molecule has 5 rings (SSSR count).